The number of aliphatic hydroxyl groups is 1. The maximum atomic E-state index is 14.7. The van der Waals surface area contributed by atoms with Crippen LogP contribution in [0.5, 0.6) is 0 Å². The molecule has 16 heteroatoms. The fourth-order valence-electron chi connectivity index (χ4n) is 10.4. The van der Waals surface area contributed by atoms with Crippen LogP contribution in [-0.2, 0) is 49.6 Å². The summed E-state index contributed by atoms with van der Waals surface area (Å²) in [6.45, 7) is 20.9. The second-order valence-electron chi connectivity index (χ2n) is 22.0. The summed E-state index contributed by atoms with van der Waals surface area (Å²) in [5.74, 6) is -4.17. The number of Topliss-reactive ketones (excluding diaryl/α,β-unsaturated/α-hetero) is 3. The molecular formula is C58H91N5O11. The molecule has 2 aromatic rings. The molecule has 4 N–H and O–H groups in total. The first kappa shape index (κ1) is 63.3. The number of rotatable bonds is 30. The van der Waals surface area contributed by atoms with Crippen LogP contribution < -0.4 is 11.1 Å². The number of aliphatic hydroxyl groups excluding tert-OH is 1. The van der Waals surface area contributed by atoms with Gasteiger partial charge in [0.2, 0.25) is 17.7 Å². The first-order valence-electron chi connectivity index (χ1n) is 26.8. The predicted molar refractivity (Wildman–Crippen MR) is 288 cm³/mol. The molecule has 0 saturated carbocycles. The number of likely N-dealkylation sites (tertiary alicyclic amines) is 1. The normalized spacial score (nSPS) is 18.3. The van der Waals surface area contributed by atoms with E-state index in [9.17, 15) is 38.7 Å². The summed E-state index contributed by atoms with van der Waals surface area (Å²) >= 11 is 0. The van der Waals surface area contributed by atoms with Gasteiger partial charge >= 0.3 is 6.09 Å². The third-order valence-corrected chi connectivity index (χ3v) is 15.4. The number of nitrogens with two attached hydrogens (primary N) is 1. The summed E-state index contributed by atoms with van der Waals surface area (Å²) in [6.07, 6.45) is -0.700. The van der Waals surface area contributed by atoms with Gasteiger partial charge in [-0.1, -0.05) is 125 Å². The third-order valence-electron chi connectivity index (χ3n) is 15.4. The number of benzene rings is 2. The maximum Gasteiger partial charge on any atom is 0.410 e. The van der Waals surface area contributed by atoms with Gasteiger partial charge in [0.05, 0.1) is 48.9 Å². The number of nitrogens with zero attached hydrogens (tertiary/aromatic N) is 3. The molecule has 3 rings (SSSR count). The first-order chi connectivity index (χ1) is 34.8. The van der Waals surface area contributed by atoms with Gasteiger partial charge in [-0.2, -0.15) is 0 Å². The molecular weight excluding hydrogens is 943 g/mol. The van der Waals surface area contributed by atoms with Gasteiger partial charge in [-0.3, -0.25) is 28.8 Å². The Labute approximate surface area is 442 Å². The van der Waals surface area contributed by atoms with Gasteiger partial charge in [0.15, 0.2) is 11.6 Å². The van der Waals surface area contributed by atoms with E-state index in [0.29, 0.717) is 30.6 Å². The molecule has 2 aromatic carbocycles. The average Bonchev–Trinajstić information content (AvgIpc) is 3.86. The van der Waals surface area contributed by atoms with E-state index in [0.717, 1.165) is 12.0 Å². The molecule has 1 aliphatic rings. The molecule has 16 nitrogen and oxygen atoms in total. The van der Waals surface area contributed by atoms with Gasteiger partial charge in [-0.25, -0.2) is 4.79 Å². The average molecular weight is 1030 g/mol. The van der Waals surface area contributed by atoms with Gasteiger partial charge in [0.1, 0.15) is 12.4 Å². The largest absolute Gasteiger partial charge is 0.445 e. The Kier molecular flexibility index (Phi) is 25.6. The van der Waals surface area contributed by atoms with Crippen LogP contribution >= 0.6 is 0 Å². The van der Waals surface area contributed by atoms with Crippen molar-refractivity contribution in [2.75, 3.05) is 40.2 Å². The Morgan fingerprint density at radius 2 is 1.36 bits per heavy atom. The molecule has 0 bridgehead atoms. The number of hydrogen-bond acceptors (Lipinski definition) is 12. The van der Waals surface area contributed by atoms with Gasteiger partial charge in [-0.05, 0) is 65.7 Å². The Hall–Kier alpha value is -5.03. The highest BCUT2D eigenvalue weighted by atomic mass is 16.6. The summed E-state index contributed by atoms with van der Waals surface area (Å²) in [7, 11) is 6.32. The van der Waals surface area contributed by atoms with E-state index in [-0.39, 0.29) is 103 Å². The number of anilines is 1. The molecule has 74 heavy (non-hydrogen) atoms. The van der Waals surface area contributed by atoms with Crippen LogP contribution in [0.3, 0.4) is 0 Å². The number of hydrogen-bond donors (Lipinski definition) is 3. The summed E-state index contributed by atoms with van der Waals surface area (Å²) < 4.78 is 17.8. The Morgan fingerprint density at radius 3 is 1.91 bits per heavy atom. The lowest BCUT2D eigenvalue weighted by atomic mass is 9.83. The molecule has 0 radical (unpaired) electrons. The minimum Gasteiger partial charge on any atom is -0.445 e. The topological polar surface area (TPSA) is 215 Å². The smallest absolute Gasteiger partial charge is 0.410 e. The molecule has 1 fully saturated rings. The van der Waals surface area contributed by atoms with Crippen molar-refractivity contribution in [3.63, 3.8) is 0 Å². The fourth-order valence-corrected chi connectivity index (χ4v) is 10.4. The zero-order chi connectivity index (χ0) is 55.7. The van der Waals surface area contributed by atoms with Crippen LogP contribution in [0.15, 0.2) is 54.6 Å². The maximum absolute atomic E-state index is 14.7. The first-order valence-corrected chi connectivity index (χ1v) is 26.8. The van der Waals surface area contributed by atoms with Crippen molar-refractivity contribution in [3.8, 4) is 0 Å². The minimum absolute atomic E-state index is 0.0237. The van der Waals surface area contributed by atoms with E-state index in [4.69, 9.17) is 19.9 Å². The van der Waals surface area contributed by atoms with Gasteiger partial charge in [0.25, 0.3) is 0 Å². The number of likely N-dealkylation sites (N-methyl/N-ethyl adjacent to an activating group) is 2. The molecule has 0 spiro atoms. The highest BCUT2D eigenvalue weighted by Gasteiger charge is 2.44. The van der Waals surface area contributed by atoms with Crippen molar-refractivity contribution in [1.29, 1.82) is 0 Å². The summed E-state index contributed by atoms with van der Waals surface area (Å²) in [4.78, 5) is 101. The van der Waals surface area contributed by atoms with E-state index >= 15 is 0 Å². The van der Waals surface area contributed by atoms with Crippen molar-refractivity contribution >= 4 is 46.9 Å². The number of methoxy groups -OCH3 is 2. The Morgan fingerprint density at radius 1 is 0.743 bits per heavy atom. The lowest BCUT2D eigenvalue weighted by molar-refractivity contribution is -0.149. The molecule has 4 amide bonds. The molecule has 1 heterocycles. The molecule has 12 atom stereocenters. The summed E-state index contributed by atoms with van der Waals surface area (Å²) in [5.41, 5.74) is 7.87. The second-order valence-corrected chi connectivity index (χ2v) is 22.0. The van der Waals surface area contributed by atoms with Crippen LogP contribution in [0.25, 0.3) is 0 Å². The van der Waals surface area contributed by atoms with Crippen molar-refractivity contribution in [2.45, 2.75) is 170 Å². The van der Waals surface area contributed by atoms with Crippen LogP contribution in [0, 0.1) is 47.3 Å². The molecule has 0 aliphatic carbocycles. The number of ketones is 3. The lowest BCUT2D eigenvalue weighted by Crippen LogP contribution is -2.54. The molecule has 0 aromatic heterocycles. The van der Waals surface area contributed by atoms with Gasteiger partial charge < -0.3 is 45.1 Å². The number of ether oxygens (including phenoxy) is 3. The number of nitrogens with one attached hydrogen (secondary N) is 1. The highest BCUT2D eigenvalue weighted by molar-refractivity contribution is 5.96. The number of carbonyl (C=O) groups is 7. The monoisotopic (exact) mass is 1030 g/mol. The number of carbonyl (C=O) groups excluding carboxylic acids is 7. The third kappa shape index (κ3) is 17.3. The van der Waals surface area contributed by atoms with Crippen LogP contribution in [-0.4, -0.2) is 132 Å². The lowest BCUT2D eigenvalue weighted by Gasteiger charge is -2.41. The van der Waals surface area contributed by atoms with Gasteiger partial charge in [-0.15, -0.1) is 0 Å². The van der Waals surface area contributed by atoms with Gasteiger partial charge in [0, 0.05) is 77.6 Å². The van der Waals surface area contributed by atoms with Crippen molar-refractivity contribution < 1.29 is 52.9 Å². The quantitative estimate of drug-likeness (QED) is 0.0674. The van der Waals surface area contributed by atoms with Crippen molar-refractivity contribution in [2.24, 2.45) is 53.1 Å². The summed E-state index contributed by atoms with van der Waals surface area (Å²) in [5, 5.41) is 13.8. The van der Waals surface area contributed by atoms with E-state index in [1.54, 1.807) is 55.1 Å². The molecule has 414 valence electrons. The highest BCUT2D eigenvalue weighted by Crippen LogP contribution is 2.33. The van der Waals surface area contributed by atoms with E-state index < -0.39 is 60.3 Å². The predicted octanol–water partition coefficient (Wildman–Crippen LogP) is 8.28. The molecule has 1 aliphatic heterocycles. The van der Waals surface area contributed by atoms with E-state index in [2.05, 4.69) is 5.32 Å². The van der Waals surface area contributed by atoms with Crippen LogP contribution in [0.2, 0.25) is 0 Å². The molecule has 0 unspecified atom stereocenters. The zero-order valence-electron chi connectivity index (χ0n) is 47.2. The van der Waals surface area contributed by atoms with E-state index in [1.807, 2.05) is 99.6 Å². The van der Waals surface area contributed by atoms with Crippen LogP contribution in [0.4, 0.5) is 10.5 Å². The SMILES string of the molecule is CC[C@H](C)[C@@H]([C@@H](CC(=O)N1CCC[C@H]1[C@H](OC)[C@@H](C)C(=O)C[C@H](C)[C@@H](O)c1ccccc1)OC)N(C)C(=O)[C@@H](CC(=O)[C@H](C(C)C)N(C)C(=O)OCc1ccc(NC(=O)[C@H](C)CC(=O)[C@@H](N)C(C)C)cc1)C(C)C. The van der Waals surface area contributed by atoms with Crippen LogP contribution in [0.1, 0.15) is 138 Å². The summed E-state index contributed by atoms with van der Waals surface area (Å²) in [6, 6.07) is 13.6. The minimum atomic E-state index is -0.898. The second kappa shape index (κ2) is 29.9. The zero-order valence-corrected chi connectivity index (χ0v) is 47.2. The standard InChI is InChI=1S/C58H91N5O11/c1-16-37(8)53(49(72-14)32-50(67)63-28-20-23-45(63)55(73-15)40(11)46(64)29-38(9)54(68)42-21-18-17-19-22-42)61(12)57(70)44(34(2)3)31-48(66)52(36(6)7)62(13)58(71)74-33-41-24-26-43(27-25-41)60-56(69)39(10)30-47(65)51(59)35(4)5/h17-19,21-22,24-27,34-40,44-45,49,51-55,68H,16,20,23,28-33,59H2,1-15H3,(H,60,69)/t37-,38-,39+,40-,44-,45-,49+,51-,52-,53-,54+,55+/m0/s1. The van der Waals surface area contributed by atoms with Crippen molar-refractivity contribution in [3.05, 3.63) is 65.7 Å². The Bertz CT molecular complexity index is 2130. The van der Waals surface area contributed by atoms with E-state index in [1.165, 1.54) is 19.1 Å². The number of amides is 4. The van der Waals surface area contributed by atoms with Crippen molar-refractivity contribution in [1.82, 2.24) is 14.7 Å². The fraction of sp³-hybridized carbons (Fsp3) is 0.672. The molecule has 1 saturated heterocycles. The Balaban J connectivity index is 1.69.